The SMILES string of the molecule is CN1CCN(S(=O)(=O)N(C)Cc2nc3ccc(Cl)cc3[nH]2)CC1. The molecular formula is C14H20ClN5O2S. The fourth-order valence-corrected chi connectivity index (χ4v) is 4.09. The van der Waals surface area contributed by atoms with Crippen molar-refractivity contribution < 1.29 is 8.42 Å². The number of rotatable bonds is 4. The van der Waals surface area contributed by atoms with Crippen molar-refractivity contribution in [2.45, 2.75) is 6.54 Å². The number of likely N-dealkylation sites (N-methyl/N-ethyl adjacent to an activating group) is 1. The quantitative estimate of drug-likeness (QED) is 0.890. The zero-order valence-corrected chi connectivity index (χ0v) is 14.7. The third-order valence-electron chi connectivity index (χ3n) is 4.05. The molecule has 0 amide bonds. The van der Waals surface area contributed by atoms with E-state index in [2.05, 4.69) is 14.9 Å². The van der Waals surface area contributed by atoms with Crippen LogP contribution in [0.3, 0.4) is 0 Å². The van der Waals surface area contributed by atoms with Gasteiger partial charge < -0.3 is 9.88 Å². The Kier molecular flexibility index (Phi) is 4.61. The average molecular weight is 358 g/mol. The number of aromatic nitrogens is 2. The molecule has 1 aliphatic heterocycles. The van der Waals surface area contributed by atoms with E-state index < -0.39 is 10.2 Å². The lowest BCUT2D eigenvalue weighted by atomic mass is 10.3. The molecule has 2 aromatic rings. The molecule has 1 fully saturated rings. The Morgan fingerprint density at radius 3 is 2.70 bits per heavy atom. The van der Waals surface area contributed by atoms with Crippen LogP contribution in [-0.2, 0) is 16.8 Å². The number of halogens is 1. The van der Waals surface area contributed by atoms with E-state index in [-0.39, 0.29) is 6.54 Å². The minimum absolute atomic E-state index is 0.195. The Morgan fingerprint density at radius 2 is 2.00 bits per heavy atom. The van der Waals surface area contributed by atoms with Gasteiger partial charge in [0, 0.05) is 38.2 Å². The van der Waals surface area contributed by atoms with Crippen LogP contribution in [0.25, 0.3) is 11.0 Å². The lowest BCUT2D eigenvalue weighted by molar-refractivity contribution is 0.213. The van der Waals surface area contributed by atoms with E-state index in [4.69, 9.17) is 11.6 Å². The second-order valence-electron chi connectivity index (χ2n) is 5.81. The molecule has 0 spiro atoms. The van der Waals surface area contributed by atoms with E-state index in [0.29, 0.717) is 23.9 Å². The predicted molar refractivity (Wildman–Crippen MR) is 90.6 cm³/mol. The van der Waals surface area contributed by atoms with Gasteiger partial charge in [-0.25, -0.2) is 4.98 Å². The van der Waals surface area contributed by atoms with E-state index in [0.717, 1.165) is 24.1 Å². The van der Waals surface area contributed by atoms with Gasteiger partial charge in [0.25, 0.3) is 10.2 Å². The number of nitrogens with zero attached hydrogens (tertiary/aromatic N) is 4. The van der Waals surface area contributed by atoms with Crippen LogP contribution in [0.15, 0.2) is 18.2 Å². The van der Waals surface area contributed by atoms with Gasteiger partial charge >= 0.3 is 0 Å². The van der Waals surface area contributed by atoms with Crippen LogP contribution in [0.1, 0.15) is 5.82 Å². The van der Waals surface area contributed by atoms with Gasteiger partial charge in [0.15, 0.2) is 0 Å². The van der Waals surface area contributed by atoms with Gasteiger partial charge in [-0.05, 0) is 25.2 Å². The molecular weight excluding hydrogens is 338 g/mol. The first-order valence-corrected chi connectivity index (χ1v) is 9.18. The minimum Gasteiger partial charge on any atom is -0.341 e. The summed E-state index contributed by atoms with van der Waals surface area (Å²) in [5.41, 5.74) is 1.58. The summed E-state index contributed by atoms with van der Waals surface area (Å²) in [6.45, 7) is 2.71. The number of piperazine rings is 1. The van der Waals surface area contributed by atoms with Crippen LogP contribution in [0, 0.1) is 0 Å². The summed E-state index contributed by atoms with van der Waals surface area (Å²) in [6, 6.07) is 5.36. The van der Waals surface area contributed by atoms with Crippen molar-refractivity contribution in [3.8, 4) is 0 Å². The topological polar surface area (TPSA) is 72.5 Å². The molecule has 0 atom stereocenters. The summed E-state index contributed by atoms with van der Waals surface area (Å²) in [6.07, 6.45) is 0. The van der Waals surface area contributed by atoms with Gasteiger partial charge in [0.2, 0.25) is 0 Å². The number of hydrogen-bond donors (Lipinski definition) is 1. The summed E-state index contributed by atoms with van der Waals surface area (Å²) in [5, 5.41) is 0.617. The maximum absolute atomic E-state index is 12.6. The van der Waals surface area contributed by atoms with Gasteiger partial charge in [0.1, 0.15) is 5.82 Å². The van der Waals surface area contributed by atoms with Gasteiger partial charge in [-0.15, -0.1) is 0 Å². The lowest BCUT2D eigenvalue weighted by Crippen LogP contribution is -2.51. The summed E-state index contributed by atoms with van der Waals surface area (Å²) in [7, 11) is 0.0951. The first-order chi connectivity index (χ1) is 10.9. The molecule has 0 aliphatic carbocycles. The number of aromatic amines is 1. The number of fused-ring (bicyclic) bond motifs is 1. The van der Waals surface area contributed by atoms with Gasteiger partial charge in [-0.1, -0.05) is 11.6 Å². The molecule has 0 saturated carbocycles. The summed E-state index contributed by atoms with van der Waals surface area (Å²) < 4.78 is 28.1. The highest BCUT2D eigenvalue weighted by atomic mass is 35.5. The molecule has 1 N–H and O–H groups in total. The molecule has 1 aromatic carbocycles. The van der Waals surface area contributed by atoms with Crippen molar-refractivity contribution in [3.63, 3.8) is 0 Å². The van der Waals surface area contributed by atoms with Crippen LogP contribution in [0.2, 0.25) is 5.02 Å². The highest BCUT2D eigenvalue weighted by Gasteiger charge is 2.29. The molecule has 2 heterocycles. The average Bonchev–Trinajstić information content (AvgIpc) is 2.89. The van der Waals surface area contributed by atoms with E-state index in [1.807, 2.05) is 13.1 Å². The third-order valence-corrected chi connectivity index (χ3v) is 6.22. The van der Waals surface area contributed by atoms with Crippen LogP contribution in [0.5, 0.6) is 0 Å². The van der Waals surface area contributed by atoms with Crippen molar-refractivity contribution in [2.24, 2.45) is 0 Å². The number of benzene rings is 1. The Bertz CT molecular complexity index is 799. The minimum atomic E-state index is -3.48. The molecule has 1 aromatic heterocycles. The van der Waals surface area contributed by atoms with Crippen molar-refractivity contribution >= 4 is 32.8 Å². The fraction of sp³-hybridized carbons (Fsp3) is 0.500. The number of hydrogen-bond acceptors (Lipinski definition) is 4. The Labute approximate surface area is 141 Å². The second kappa shape index (κ2) is 6.37. The highest BCUT2D eigenvalue weighted by molar-refractivity contribution is 7.86. The maximum Gasteiger partial charge on any atom is 0.282 e. The third kappa shape index (κ3) is 3.51. The molecule has 23 heavy (non-hydrogen) atoms. The van der Waals surface area contributed by atoms with E-state index >= 15 is 0 Å². The molecule has 7 nitrogen and oxygen atoms in total. The molecule has 1 aliphatic rings. The monoisotopic (exact) mass is 357 g/mol. The fourth-order valence-electron chi connectivity index (χ4n) is 2.62. The predicted octanol–water partition coefficient (Wildman–Crippen LogP) is 1.14. The molecule has 3 rings (SSSR count). The zero-order chi connectivity index (χ0) is 16.6. The standard InChI is InChI=1S/C14H20ClN5O2S/c1-18-5-7-20(8-6-18)23(21,22)19(2)10-14-16-12-4-3-11(15)9-13(12)17-14/h3-4,9H,5-8,10H2,1-2H3,(H,16,17). The first-order valence-electron chi connectivity index (χ1n) is 7.40. The van der Waals surface area contributed by atoms with Gasteiger partial charge in [-0.3, -0.25) is 0 Å². The van der Waals surface area contributed by atoms with Gasteiger partial charge in [-0.2, -0.15) is 17.0 Å². The molecule has 0 bridgehead atoms. The molecule has 0 radical (unpaired) electrons. The van der Waals surface area contributed by atoms with Gasteiger partial charge in [0.05, 0.1) is 17.6 Å². The lowest BCUT2D eigenvalue weighted by Gasteiger charge is -2.33. The second-order valence-corrected chi connectivity index (χ2v) is 8.28. The van der Waals surface area contributed by atoms with E-state index in [1.165, 1.54) is 8.61 Å². The summed E-state index contributed by atoms with van der Waals surface area (Å²) in [5.74, 6) is 0.600. The first kappa shape index (κ1) is 16.7. The van der Waals surface area contributed by atoms with Crippen LogP contribution < -0.4 is 0 Å². The zero-order valence-electron chi connectivity index (χ0n) is 13.2. The van der Waals surface area contributed by atoms with Crippen molar-refractivity contribution in [1.29, 1.82) is 0 Å². The van der Waals surface area contributed by atoms with Crippen LogP contribution >= 0.6 is 11.6 Å². The smallest absolute Gasteiger partial charge is 0.282 e. The number of nitrogens with one attached hydrogen (secondary N) is 1. The van der Waals surface area contributed by atoms with Crippen molar-refractivity contribution in [1.82, 2.24) is 23.5 Å². The molecule has 0 unspecified atom stereocenters. The summed E-state index contributed by atoms with van der Waals surface area (Å²) in [4.78, 5) is 9.66. The summed E-state index contributed by atoms with van der Waals surface area (Å²) >= 11 is 5.95. The maximum atomic E-state index is 12.6. The molecule has 1 saturated heterocycles. The Morgan fingerprint density at radius 1 is 1.30 bits per heavy atom. The number of imidazole rings is 1. The molecule has 126 valence electrons. The van der Waals surface area contributed by atoms with Crippen LogP contribution in [0.4, 0.5) is 0 Å². The highest BCUT2D eigenvalue weighted by Crippen LogP contribution is 2.19. The Balaban J connectivity index is 1.75. The van der Waals surface area contributed by atoms with E-state index in [9.17, 15) is 8.42 Å². The van der Waals surface area contributed by atoms with Crippen molar-refractivity contribution in [2.75, 3.05) is 40.3 Å². The molecule has 9 heteroatoms. The largest absolute Gasteiger partial charge is 0.341 e. The van der Waals surface area contributed by atoms with Crippen molar-refractivity contribution in [3.05, 3.63) is 29.0 Å². The normalized spacial score (nSPS) is 18.1. The number of H-pyrrole nitrogens is 1. The van der Waals surface area contributed by atoms with E-state index in [1.54, 1.807) is 19.2 Å². The van der Waals surface area contributed by atoms with Crippen LogP contribution in [-0.4, -0.2) is 72.2 Å². The Hall–Kier alpha value is -1.19.